The Bertz CT molecular complexity index is 6670. The first-order valence-corrected chi connectivity index (χ1v) is 52.1. The first-order valence-electron chi connectivity index (χ1n) is 44.6. The Morgan fingerprint density at radius 1 is 0.413 bits per heavy atom. The fourth-order valence-corrected chi connectivity index (χ4v) is 21.7. The van der Waals surface area contributed by atoms with Gasteiger partial charge in [-0.15, -0.1) is 47.0 Å². The van der Waals surface area contributed by atoms with Crippen molar-refractivity contribution in [2.24, 2.45) is 47.3 Å². The van der Waals surface area contributed by atoms with E-state index in [1.165, 1.54) is 104 Å². The Kier molecular flexibility index (Phi) is 43.5. The number of hydrogen-bond acceptors (Lipinski definition) is 29. The van der Waals surface area contributed by atoms with Crippen molar-refractivity contribution in [3.05, 3.63) is 158 Å². The van der Waals surface area contributed by atoms with Crippen LogP contribution >= 0.6 is 109 Å². The Morgan fingerprint density at radius 3 is 0.949 bits per heavy atom. The number of nitrogens with zero attached hydrogens (tertiary/aromatic N) is 11. The number of carbonyl (C=O) groups excluding carboxylic acids is 3. The van der Waals surface area contributed by atoms with E-state index in [0.29, 0.717) is 160 Å². The van der Waals surface area contributed by atoms with Crippen LogP contribution in [0, 0.1) is 47.3 Å². The number of pyridine rings is 8. The second kappa shape index (κ2) is 52.4. The molecule has 0 spiro atoms. The number of ether oxygens (including phenoxy) is 6. The minimum Gasteiger partial charge on any atom is -0.870 e. The van der Waals surface area contributed by atoms with Crippen LogP contribution < -0.4 is 130 Å². The standard InChI is InChI=1S/C25H28ClN3O4S.C23H24ClN3O4S.C23H23ClN3O3S.C21H22ClN3O4S.C4H7Br.3Na.3H2O/c1-3-33-21(30)12-29-22-17(6-8-19(26)24(22)34-2)23(31)18-7-9-20(27-25(18)29)28(10-15-4-5-15)11-16-13-32-14-16;1-32-22-17(24)6-4-15-20(22)27(10-19(28)29)23-16(21(15)30)5-7-18(25-23)26(8-13-2-3-13)9-14-11-31-12-14;1-31-22-18(24)6-4-16-20(22)27(8-9-28)23-17(21(16)29)5-7-19(25-23)26(10-14-2-3-14)11-15-12-30-13-15;1-3-29-17(26)9-25-18-13(4-6-15(22)20(18)30-2)19(27)14-5-7-16(24-21(14)25)23-8-12-10-28-11-12;5-3-4-1-2-4;;;;;;/h6-9,15-16H,3-5,10-14H2,1-2H3;4-7,13-14H,2-3,8-12H2,1H3,(H,28,29);4-7,14-15H,2-3,8,10-13H2,1H3;4-7,12H,3,8-11H2,1-2H3,(H,23,24);4H,1-3H2;;;;3*1H2/q;;-1;;;3*+1;;;/p-3. The van der Waals surface area contributed by atoms with Crippen LogP contribution in [0.15, 0.2) is 136 Å². The summed E-state index contributed by atoms with van der Waals surface area (Å²) in [6.45, 7) is 15.8. The van der Waals surface area contributed by atoms with Gasteiger partial charge in [0.15, 0.2) is 21.7 Å². The van der Waals surface area contributed by atoms with Gasteiger partial charge in [-0.05, 0) is 211 Å². The summed E-state index contributed by atoms with van der Waals surface area (Å²) in [6, 6.07) is 28.4. The molecule has 12 aromatic rings. The van der Waals surface area contributed by atoms with Gasteiger partial charge in [-0.25, -0.2) is 26.2 Å². The molecule has 42 heteroatoms. The number of hydrogen-bond donors (Lipinski definition) is 2. The third kappa shape index (κ3) is 26.6. The van der Waals surface area contributed by atoms with Crippen molar-refractivity contribution in [2.45, 2.75) is 111 Å². The molecule has 4 aliphatic carbocycles. The molecule has 4 aromatic carbocycles. The summed E-state index contributed by atoms with van der Waals surface area (Å²) in [5.41, 5.74) is 3.65. The molecule has 0 atom stereocenters. The van der Waals surface area contributed by atoms with Crippen LogP contribution in [0.25, 0.3) is 87.7 Å². The van der Waals surface area contributed by atoms with E-state index in [2.05, 4.69) is 40.9 Å². The Balaban J connectivity index is 0.000000184. The third-order valence-electron chi connectivity index (χ3n) is 24.6. The number of aliphatic carboxylic acids is 1. The zero-order valence-electron chi connectivity index (χ0n) is 78.5. The summed E-state index contributed by atoms with van der Waals surface area (Å²) in [5, 5.41) is 20.1. The van der Waals surface area contributed by atoms with E-state index >= 15 is 0 Å². The maximum Gasteiger partial charge on any atom is 1.00 e. The summed E-state index contributed by atoms with van der Waals surface area (Å²) in [4.78, 5) is 131. The fraction of sp³-hybridized carbons (Fsp3) is 0.458. The molecule has 0 bridgehead atoms. The van der Waals surface area contributed by atoms with Gasteiger partial charge < -0.3 is 93.0 Å². The third-order valence-corrected chi connectivity index (χ3v) is 30.5. The number of rotatable bonds is 33. The molecular formula is C96H107BrCl4N12Na3O18S4-. The van der Waals surface area contributed by atoms with E-state index in [-0.39, 0.29) is 172 Å². The number of aromatic nitrogens is 8. The first-order chi connectivity index (χ1) is 64.0. The maximum absolute atomic E-state index is 13.5. The summed E-state index contributed by atoms with van der Waals surface area (Å²) in [5.74, 6) is 6.25. The molecule has 0 amide bonds. The van der Waals surface area contributed by atoms with Crippen molar-refractivity contribution in [3.8, 4) is 0 Å². The van der Waals surface area contributed by atoms with Crippen molar-refractivity contribution < 1.29 is 158 Å². The Morgan fingerprint density at radius 2 is 0.688 bits per heavy atom. The molecular weight excluding hydrogens is 2030 g/mol. The Labute approximate surface area is 909 Å². The summed E-state index contributed by atoms with van der Waals surface area (Å²) in [7, 11) is 0. The van der Waals surface area contributed by atoms with Crippen LogP contribution in [0.4, 0.5) is 23.3 Å². The minimum absolute atomic E-state index is 0. The largest absolute Gasteiger partial charge is 1.00 e. The summed E-state index contributed by atoms with van der Waals surface area (Å²) in [6.07, 6.45) is 19.9. The fourth-order valence-electron chi connectivity index (χ4n) is 16.8. The maximum atomic E-state index is 13.5. The number of halogens is 5. The monoisotopic (exact) mass is 2130 g/mol. The number of anilines is 4. The molecule has 5 N–H and O–H groups in total. The van der Waals surface area contributed by atoms with Gasteiger partial charge in [0.2, 0.25) is 0 Å². The van der Waals surface area contributed by atoms with Gasteiger partial charge in [-0.1, -0.05) is 68.9 Å². The van der Waals surface area contributed by atoms with Gasteiger partial charge in [-0.2, -0.15) is 0 Å². The quantitative estimate of drug-likeness (QED) is 0.00983. The van der Waals surface area contributed by atoms with Crippen LogP contribution in [0.1, 0.15) is 65.2 Å². The van der Waals surface area contributed by atoms with E-state index in [4.69, 9.17) is 89.8 Å². The molecule has 138 heavy (non-hydrogen) atoms. The topological polar surface area (TPSA) is 395 Å². The molecule has 30 nitrogen and oxygen atoms in total. The molecule has 8 aromatic heterocycles. The second-order valence-electron chi connectivity index (χ2n) is 34.5. The number of benzene rings is 4. The van der Waals surface area contributed by atoms with Gasteiger partial charge in [0.05, 0.1) is 149 Å². The SMILES string of the molecule is BrCC1CC1.CCOC(=O)Cn1c2nc(N(CC3CC3)CC3COC3)ccc2c(=O)c2ccc(Cl)c(SC)c21.CCOC(=O)Cn1c2nc(NCC3COC3)ccc2c(=O)c2ccc(Cl)c(SC)c21.CSc1c(Cl)ccc2c(=O)c3ccc(N(CC4CC4)CC4COC4)nc3n(CC(=O)O)c12.CSc1c(Cl)ccc2c(=O)c3ccc(N(CC4CC4)CC4COC4)nc3n(C[C-]=O)c12.[Na+].[Na+].[Na+].[OH-].[OH-].[OH-]. The molecule has 4 aliphatic heterocycles. The first kappa shape index (κ1) is 114. The zero-order valence-corrected chi connectivity index (χ0v) is 92.4. The van der Waals surface area contributed by atoms with Crippen LogP contribution in [0.2, 0.25) is 20.1 Å². The van der Waals surface area contributed by atoms with Crippen LogP contribution in [0.3, 0.4) is 0 Å². The van der Waals surface area contributed by atoms with Gasteiger partial charge in [0.1, 0.15) is 65.5 Å². The minimum atomic E-state index is -1.00. The van der Waals surface area contributed by atoms with Crippen molar-refractivity contribution in [2.75, 3.05) is 162 Å². The second-order valence-corrected chi connectivity index (χ2v) is 40.1. The van der Waals surface area contributed by atoms with E-state index in [9.17, 15) is 43.5 Å². The summed E-state index contributed by atoms with van der Waals surface area (Å²) < 4.78 is 38.7. The average molecular weight is 2140 g/mol. The predicted molar refractivity (Wildman–Crippen MR) is 541 cm³/mol. The predicted octanol–water partition coefficient (Wildman–Crippen LogP) is 7.94. The van der Waals surface area contributed by atoms with Crippen LogP contribution in [-0.2, 0) is 73.8 Å². The smallest absolute Gasteiger partial charge is 0.870 e. The van der Waals surface area contributed by atoms with Crippen LogP contribution in [0.5, 0.6) is 0 Å². The molecule has 12 heterocycles. The molecule has 4 saturated carbocycles. The number of nitrogens with one attached hydrogen (secondary N) is 1. The van der Waals surface area contributed by atoms with E-state index < -0.39 is 11.9 Å². The number of carbonyl (C=O) groups is 3. The van der Waals surface area contributed by atoms with Gasteiger partial charge in [0, 0.05) is 96.4 Å². The molecule has 722 valence electrons. The Hall–Kier alpha value is -5.60. The molecule has 8 fully saturated rings. The van der Waals surface area contributed by atoms with E-state index in [0.717, 1.165) is 137 Å². The summed E-state index contributed by atoms with van der Waals surface area (Å²) >= 11 is 34.9. The van der Waals surface area contributed by atoms with Crippen LogP contribution in [-0.4, -0.2) is 226 Å². The molecule has 4 saturated heterocycles. The number of esters is 2. The number of thioether (sulfide) groups is 4. The van der Waals surface area contributed by atoms with Crippen molar-refractivity contribution in [1.29, 1.82) is 0 Å². The number of carboxylic acids is 1. The van der Waals surface area contributed by atoms with E-state index in [1.807, 2.05) is 61.6 Å². The van der Waals surface area contributed by atoms with Gasteiger partial charge in [-0.3, -0.25) is 33.6 Å². The number of alkyl halides is 1. The van der Waals surface area contributed by atoms with Crippen molar-refractivity contribution in [3.63, 3.8) is 0 Å². The average Bonchev–Trinajstić information content (AvgIpc) is 1.44. The number of carboxylic acid groups (broad SMARTS) is 1. The zero-order chi connectivity index (χ0) is 92.7. The normalized spacial score (nSPS) is 15.4. The molecule has 20 rings (SSSR count). The molecule has 0 radical (unpaired) electrons. The molecule has 0 unspecified atom stereocenters. The van der Waals surface area contributed by atoms with Gasteiger partial charge in [0.25, 0.3) is 0 Å². The van der Waals surface area contributed by atoms with Gasteiger partial charge >= 0.3 is 107 Å². The van der Waals surface area contributed by atoms with E-state index in [1.54, 1.807) is 98.8 Å². The molecule has 8 aliphatic rings. The van der Waals surface area contributed by atoms with Crippen molar-refractivity contribution in [1.82, 2.24) is 38.2 Å². The number of fused-ring (bicyclic) bond motifs is 8. The van der Waals surface area contributed by atoms with Crippen molar-refractivity contribution >= 4 is 245 Å².